The van der Waals surface area contributed by atoms with Crippen molar-refractivity contribution in [1.29, 1.82) is 0 Å². The van der Waals surface area contributed by atoms with E-state index < -0.39 is 0 Å². The summed E-state index contributed by atoms with van der Waals surface area (Å²) in [6.45, 7) is 4.75. The first-order valence-electron chi connectivity index (χ1n) is 9.21. The number of urea groups is 1. The molecule has 0 radical (unpaired) electrons. The molecule has 1 aromatic carbocycles. The Hall–Kier alpha value is -3.42. The van der Waals surface area contributed by atoms with Gasteiger partial charge >= 0.3 is 6.03 Å². The Labute approximate surface area is 163 Å². The molecule has 0 unspecified atom stereocenters. The van der Waals surface area contributed by atoms with Gasteiger partial charge in [-0.1, -0.05) is 30.3 Å². The van der Waals surface area contributed by atoms with Crippen molar-refractivity contribution in [1.82, 2.24) is 25.4 Å². The van der Waals surface area contributed by atoms with Gasteiger partial charge in [0.15, 0.2) is 5.65 Å². The largest absolute Gasteiger partial charge is 0.338 e. The third-order valence-corrected chi connectivity index (χ3v) is 4.14. The molecule has 0 bridgehead atoms. The van der Waals surface area contributed by atoms with Gasteiger partial charge in [0.05, 0.1) is 18.1 Å². The van der Waals surface area contributed by atoms with Crippen molar-refractivity contribution in [2.24, 2.45) is 0 Å². The highest BCUT2D eigenvalue weighted by molar-refractivity contribution is 5.93. The van der Waals surface area contributed by atoms with Gasteiger partial charge in [0.25, 0.3) is 0 Å². The zero-order valence-electron chi connectivity index (χ0n) is 16.0. The first-order valence-corrected chi connectivity index (χ1v) is 9.21. The second-order valence-corrected chi connectivity index (χ2v) is 6.71. The maximum atomic E-state index is 12.1. The summed E-state index contributed by atoms with van der Waals surface area (Å²) in [6, 6.07) is 11.4. The van der Waals surface area contributed by atoms with Crippen molar-refractivity contribution in [3.63, 3.8) is 0 Å². The van der Waals surface area contributed by atoms with Gasteiger partial charge in [0.1, 0.15) is 0 Å². The molecule has 3 N–H and O–H groups in total. The Morgan fingerprint density at radius 3 is 2.64 bits per heavy atom. The van der Waals surface area contributed by atoms with E-state index in [9.17, 15) is 9.59 Å². The van der Waals surface area contributed by atoms with E-state index in [2.05, 4.69) is 26.0 Å². The number of nitrogens with one attached hydrogen (secondary N) is 3. The van der Waals surface area contributed by atoms with E-state index in [-0.39, 0.29) is 30.9 Å². The molecular weight excluding hydrogens is 356 g/mol. The number of hydrogen-bond donors (Lipinski definition) is 3. The van der Waals surface area contributed by atoms with Gasteiger partial charge in [-0.05, 0) is 25.5 Å². The molecule has 0 saturated heterocycles. The highest BCUT2D eigenvalue weighted by atomic mass is 16.2. The van der Waals surface area contributed by atoms with Crippen molar-refractivity contribution in [2.45, 2.75) is 32.9 Å². The lowest BCUT2D eigenvalue weighted by Crippen LogP contribution is -2.36. The van der Waals surface area contributed by atoms with Gasteiger partial charge in [-0.3, -0.25) is 4.79 Å². The number of fused-ring (bicyclic) bond motifs is 1. The van der Waals surface area contributed by atoms with Crippen molar-refractivity contribution < 1.29 is 9.59 Å². The molecule has 8 heteroatoms. The molecule has 0 aliphatic carbocycles. The van der Waals surface area contributed by atoms with Crippen LogP contribution in [-0.2, 0) is 11.3 Å². The SMILES string of the molecule is CC(C)n1ncc2cc(NC(=O)CCNC(=O)NCc3ccccc3)cnc21. The number of pyridine rings is 1. The number of rotatable bonds is 7. The zero-order valence-corrected chi connectivity index (χ0v) is 16.0. The first-order chi connectivity index (χ1) is 13.5. The molecule has 2 heterocycles. The van der Waals surface area contributed by atoms with E-state index in [0.29, 0.717) is 12.2 Å². The van der Waals surface area contributed by atoms with Crippen molar-refractivity contribution >= 4 is 28.7 Å². The molecule has 2 aromatic heterocycles. The van der Waals surface area contributed by atoms with Crippen molar-refractivity contribution in [2.75, 3.05) is 11.9 Å². The predicted molar refractivity (Wildman–Crippen MR) is 108 cm³/mol. The highest BCUT2D eigenvalue weighted by Crippen LogP contribution is 2.19. The molecule has 3 rings (SSSR count). The number of aromatic nitrogens is 3. The second-order valence-electron chi connectivity index (χ2n) is 6.71. The minimum Gasteiger partial charge on any atom is -0.338 e. The summed E-state index contributed by atoms with van der Waals surface area (Å²) >= 11 is 0. The summed E-state index contributed by atoms with van der Waals surface area (Å²) in [7, 11) is 0. The minimum absolute atomic E-state index is 0.169. The fourth-order valence-corrected chi connectivity index (χ4v) is 2.74. The molecule has 0 atom stereocenters. The molecule has 0 aliphatic heterocycles. The molecule has 3 amide bonds. The summed E-state index contributed by atoms with van der Waals surface area (Å²) in [4.78, 5) is 28.3. The number of benzene rings is 1. The lowest BCUT2D eigenvalue weighted by Gasteiger charge is -2.09. The molecule has 3 aromatic rings. The number of amides is 3. The average Bonchev–Trinajstić information content (AvgIpc) is 3.10. The van der Waals surface area contributed by atoms with Crippen molar-refractivity contribution in [3.05, 3.63) is 54.4 Å². The van der Waals surface area contributed by atoms with E-state index in [1.54, 1.807) is 12.4 Å². The lowest BCUT2D eigenvalue weighted by atomic mass is 10.2. The predicted octanol–water partition coefficient (Wildman–Crippen LogP) is 2.84. The third-order valence-electron chi connectivity index (χ3n) is 4.14. The minimum atomic E-state index is -0.305. The number of anilines is 1. The van der Waals surface area contributed by atoms with Crippen LogP contribution in [0.25, 0.3) is 11.0 Å². The summed E-state index contributed by atoms with van der Waals surface area (Å²) < 4.78 is 1.83. The van der Waals surface area contributed by atoms with E-state index in [4.69, 9.17) is 0 Å². The molecule has 0 fully saturated rings. The van der Waals surface area contributed by atoms with Gasteiger partial charge < -0.3 is 16.0 Å². The third kappa shape index (κ3) is 5.06. The van der Waals surface area contributed by atoms with Gasteiger partial charge in [-0.15, -0.1) is 0 Å². The quantitative estimate of drug-likeness (QED) is 0.587. The Kier molecular flexibility index (Phi) is 6.21. The smallest absolute Gasteiger partial charge is 0.315 e. The molecule has 0 saturated carbocycles. The van der Waals surface area contributed by atoms with Crippen LogP contribution in [0, 0.1) is 0 Å². The number of hydrogen-bond acceptors (Lipinski definition) is 4. The second kappa shape index (κ2) is 8.98. The van der Waals surface area contributed by atoms with Crippen LogP contribution in [0.1, 0.15) is 31.9 Å². The molecular formula is C20H24N6O2. The van der Waals surface area contributed by atoms with Crippen molar-refractivity contribution in [3.8, 4) is 0 Å². The van der Waals surface area contributed by atoms with Crippen LogP contribution in [0.2, 0.25) is 0 Å². The lowest BCUT2D eigenvalue weighted by molar-refractivity contribution is -0.116. The maximum absolute atomic E-state index is 12.1. The number of nitrogens with zero attached hydrogens (tertiary/aromatic N) is 3. The van der Waals surface area contributed by atoms with E-state index in [1.165, 1.54) is 0 Å². The highest BCUT2D eigenvalue weighted by Gasteiger charge is 2.09. The Balaban J connectivity index is 1.43. The van der Waals surface area contributed by atoms with Crippen LogP contribution >= 0.6 is 0 Å². The van der Waals surface area contributed by atoms with Crippen LogP contribution in [-0.4, -0.2) is 33.2 Å². The normalized spacial score (nSPS) is 10.8. The standard InChI is InChI=1S/C20H24N6O2/c1-14(2)26-19-16(12-24-26)10-17(13-22-19)25-18(27)8-9-21-20(28)23-11-15-6-4-3-5-7-15/h3-7,10,12-14H,8-9,11H2,1-2H3,(H,25,27)(H2,21,23,28). The fourth-order valence-electron chi connectivity index (χ4n) is 2.74. The zero-order chi connectivity index (χ0) is 19.9. The Morgan fingerprint density at radius 2 is 1.89 bits per heavy atom. The summed E-state index contributed by atoms with van der Waals surface area (Å²) in [5.41, 5.74) is 2.40. The first kappa shape index (κ1) is 19.3. The Morgan fingerprint density at radius 1 is 1.11 bits per heavy atom. The molecule has 146 valence electrons. The van der Waals surface area contributed by atoms with Crippen LogP contribution in [0.5, 0.6) is 0 Å². The summed E-state index contributed by atoms with van der Waals surface area (Å²) in [6.07, 6.45) is 3.51. The van der Waals surface area contributed by atoms with E-state index in [1.807, 2.05) is 54.9 Å². The molecule has 0 aliphatic rings. The van der Waals surface area contributed by atoms with Gasteiger partial charge in [-0.2, -0.15) is 5.10 Å². The van der Waals surface area contributed by atoms with Gasteiger partial charge in [0.2, 0.25) is 5.91 Å². The van der Waals surface area contributed by atoms with E-state index >= 15 is 0 Å². The van der Waals surface area contributed by atoms with Crippen LogP contribution < -0.4 is 16.0 Å². The number of carbonyl (C=O) groups is 2. The topological polar surface area (TPSA) is 101 Å². The summed E-state index contributed by atoms with van der Waals surface area (Å²) in [5, 5.41) is 13.4. The van der Waals surface area contributed by atoms with Crippen LogP contribution in [0.3, 0.4) is 0 Å². The van der Waals surface area contributed by atoms with Gasteiger partial charge in [0, 0.05) is 30.9 Å². The van der Waals surface area contributed by atoms with Crippen LogP contribution in [0.15, 0.2) is 48.8 Å². The molecule has 8 nitrogen and oxygen atoms in total. The monoisotopic (exact) mass is 380 g/mol. The number of carbonyl (C=O) groups excluding carboxylic acids is 2. The van der Waals surface area contributed by atoms with Crippen LogP contribution in [0.4, 0.5) is 10.5 Å². The maximum Gasteiger partial charge on any atom is 0.315 e. The molecule has 28 heavy (non-hydrogen) atoms. The fraction of sp³-hybridized carbons (Fsp3) is 0.300. The molecule has 0 spiro atoms. The summed E-state index contributed by atoms with van der Waals surface area (Å²) in [5.74, 6) is -0.194. The van der Waals surface area contributed by atoms with E-state index in [0.717, 1.165) is 16.6 Å². The van der Waals surface area contributed by atoms with Gasteiger partial charge in [-0.25, -0.2) is 14.5 Å². The Bertz CT molecular complexity index is 952. The average molecular weight is 380 g/mol.